The maximum atomic E-state index is 13.6. The molecule has 2 heterocycles. The van der Waals surface area contributed by atoms with Gasteiger partial charge < -0.3 is 14.8 Å². The fourth-order valence-electron chi connectivity index (χ4n) is 5.09. The summed E-state index contributed by atoms with van der Waals surface area (Å²) < 4.78 is 13.6. The fourth-order valence-corrected chi connectivity index (χ4v) is 5.09. The molecule has 0 saturated carbocycles. The van der Waals surface area contributed by atoms with Crippen LogP contribution in [0.1, 0.15) is 38.7 Å². The van der Waals surface area contributed by atoms with E-state index in [0.717, 1.165) is 75.0 Å². The number of aromatic amines is 1. The molecule has 1 aliphatic rings. The zero-order chi connectivity index (χ0) is 23.9. The molecule has 0 atom stereocenters. The van der Waals surface area contributed by atoms with Crippen LogP contribution in [0.3, 0.4) is 0 Å². The van der Waals surface area contributed by atoms with Crippen molar-refractivity contribution < 1.29 is 9.18 Å². The predicted octanol–water partition coefficient (Wildman–Crippen LogP) is 5.08. The Morgan fingerprint density at radius 3 is 2.44 bits per heavy atom. The number of fused-ring (bicyclic) bond motifs is 1. The van der Waals surface area contributed by atoms with E-state index in [4.69, 9.17) is 0 Å². The lowest BCUT2D eigenvalue weighted by atomic mass is 10.1. The molecule has 0 radical (unpaired) electrons. The molecule has 2 aromatic carbocycles. The Morgan fingerprint density at radius 1 is 1.03 bits per heavy atom. The molecule has 0 aliphatic carbocycles. The molecule has 5 nitrogen and oxygen atoms in total. The molecule has 34 heavy (non-hydrogen) atoms. The maximum Gasteiger partial charge on any atom is 0.241 e. The summed E-state index contributed by atoms with van der Waals surface area (Å²) in [7, 11) is 0. The first-order valence-electron chi connectivity index (χ1n) is 12.7. The van der Waals surface area contributed by atoms with E-state index in [1.165, 1.54) is 11.6 Å². The van der Waals surface area contributed by atoms with Gasteiger partial charge in [-0.2, -0.15) is 0 Å². The first kappa shape index (κ1) is 24.4. The number of hydrogen-bond donors (Lipinski definition) is 1. The average molecular weight is 465 g/mol. The minimum absolute atomic E-state index is 0.186. The highest BCUT2D eigenvalue weighted by molar-refractivity contribution is 5.95. The number of nitrogens with one attached hydrogen (secondary N) is 1. The van der Waals surface area contributed by atoms with E-state index in [0.29, 0.717) is 6.54 Å². The van der Waals surface area contributed by atoms with Crippen LogP contribution in [0.5, 0.6) is 0 Å². The van der Waals surface area contributed by atoms with Crippen LogP contribution < -0.4 is 4.90 Å². The van der Waals surface area contributed by atoms with Crippen LogP contribution in [0.25, 0.3) is 10.9 Å². The number of aromatic nitrogens is 1. The molecule has 1 N–H and O–H groups in total. The summed E-state index contributed by atoms with van der Waals surface area (Å²) in [5, 5.41) is 0.990. The Kier molecular flexibility index (Phi) is 8.35. The number of rotatable bonds is 10. The summed E-state index contributed by atoms with van der Waals surface area (Å²) in [6.45, 7) is 9.59. The zero-order valence-corrected chi connectivity index (χ0v) is 20.5. The van der Waals surface area contributed by atoms with Crippen molar-refractivity contribution in [1.82, 2.24) is 14.8 Å². The molecule has 3 aromatic rings. The number of aryl methyl sites for hydroxylation is 1. The lowest BCUT2D eigenvalue weighted by molar-refractivity contribution is -0.120. The quantitative estimate of drug-likeness (QED) is 0.455. The van der Waals surface area contributed by atoms with Crippen LogP contribution in [0.15, 0.2) is 54.7 Å². The number of hydrogen-bond acceptors (Lipinski definition) is 3. The van der Waals surface area contributed by atoms with Gasteiger partial charge in [0.15, 0.2) is 0 Å². The van der Waals surface area contributed by atoms with E-state index in [1.54, 1.807) is 12.1 Å². The van der Waals surface area contributed by atoms with Gasteiger partial charge in [0.2, 0.25) is 5.91 Å². The second-order valence-electron chi connectivity index (χ2n) is 9.29. The van der Waals surface area contributed by atoms with Crippen molar-refractivity contribution in [3.8, 4) is 0 Å². The van der Waals surface area contributed by atoms with Gasteiger partial charge in [-0.1, -0.05) is 32.0 Å². The Labute approximate surface area is 202 Å². The predicted molar refractivity (Wildman–Crippen MR) is 138 cm³/mol. The number of halogens is 1. The minimum atomic E-state index is -0.186. The van der Waals surface area contributed by atoms with Crippen molar-refractivity contribution in [2.24, 2.45) is 0 Å². The monoisotopic (exact) mass is 464 g/mol. The van der Waals surface area contributed by atoms with E-state index in [-0.39, 0.29) is 17.8 Å². The molecular weight excluding hydrogens is 427 g/mol. The first-order valence-corrected chi connectivity index (χ1v) is 12.7. The molecule has 182 valence electrons. The van der Waals surface area contributed by atoms with E-state index < -0.39 is 0 Å². The highest BCUT2D eigenvalue weighted by Crippen LogP contribution is 2.22. The van der Waals surface area contributed by atoms with Gasteiger partial charge in [-0.3, -0.25) is 9.69 Å². The summed E-state index contributed by atoms with van der Waals surface area (Å²) in [5.41, 5.74) is 3.17. The number of carbonyl (C=O) groups excluding carboxylic acids is 1. The normalized spacial score (nSPS) is 15.3. The van der Waals surface area contributed by atoms with E-state index in [1.807, 2.05) is 41.4 Å². The summed E-state index contributed by atoms with van der Waals surface area (Å²) in [4.78, 5) is 23.4. The number of H-pyrrole nitrogens is 1. The van der Waals surface area contributed by atoms with E-state index >= 15 is 0 Å². The fraction of sp³-hybridized carbons (Fsp3) is 0.464. The van der Waals surface area contributed by atoms with Gasteiger partial charge in [0.05, 0.1) is 6.54 Å². The van der Waals surface area contributed by atoms with Gasteiger partial charge in [-0.15, -0.1) is 0 Å². The third kappa shape index (κ3) is 5.86. The molecule has 6 heteroatoms. The standard InChI is InChI=1S/C28H37FN4O/c1-3-24(4-2)33(25-10-6-5-7-11-25)28(34)21-32-17-15-31(16-18-32)14-8-9-22-20-30-27-13-12-23(29)19-26(22)27/h5-7,10-13,19-20,24,30H,3-4,8-9,14-18,21H2,1-2H3. The molecule has 1 fully saturated rings. The molecule has 1 amide bonds. The summed E-state index contributed by atoms with van der Waals surface area (Å²) in [5.74, 6) is 0.00830. The molecule has 1 saturated heterocycles. The SMILES string of the molecule is CCC(CC)N(C(=O)CN1CCN(CCCc2c[nH]c3ccc(F)cc23)CC1)c1ccccc1. The molecule has 0 spiro atoms. The van der Waals surface area contributed by atoms with Crippen LogP contribution in [0, 0.1) is 5.82 Å². The van der Waals surface area contributed by atoms with Crippen LogP contribution >= 0.6 is 0 Å². The number of amides is 1. The van der Waals surface area contributed by atoms with Gasteiger partial charge in [0, 0.05) is 55.0 Å². The number of carbonyl (C=O) groups is 1. The highest BCUT2D eigenvalue weighted by atomic mass is 19.1. The molecule has 0 unspecified atom stereocenters. The Hall–Kier alpha value is -2.70. The number of para-hydroxylation sites is 1. The molecular formula is C28H37FN4O. The smallest absolute Gasteiger partial charge is 0.241 e. The molecule has 4 rings (SSSR count). The van der Waals surface area contributed by atoms with E-state index in [9.17, 15) is 9.18 Å². The third-order valence-corrected chi connectivity index (χ3v) is 7.08. The minimum Gasteiger partial charge on any atom is -0.361 e. The van der Waals surface area contributed by atoms with E-state index in [2.05, 4.69) is 28.6 Å². The van der Waals surface area contributed by atoms with Crippen molar-refractivity contribution in [3.05, 3.63) is 66.1 Å². The molecule has 0 bridgehead atoms. The number of nitrogens with zero attached hydrogens (tertiary/aromatic N) is 3. The largest absolute Gasteiger partial charge is 0.361 e. The Balaban J connectivity index is 1.26. The van der Waals surface area contributed by atoms with Crippen LogP contribution in [-0.2, 0) is 11.2 Å². The van der Waals surface area contributed by atoms with Gasteiger partial charge in [0.25, 0.3) is 0 Å². The summed E-state index contributed by atoms with van der Waals surface area (Å²) in [6, 6.07) is 15.2. The van der Waals surface area contributed by atoms with Crippen molar-refractivity contribution in [1.29, 1.82) is 0 Å². The second kappa shape index (κ2) is 11.6. The van der Waals surface area contributed by atoms with Gasteiger partial charge in [-0.05, 0) is 68.1 Å². The first-order chi connectivity index (χ1) is 16.6. The number of anilines is 1. The summed E-state index contributed by atoms with van der Waals surface area (Å²) >= 11 is 0. The summed E-state index contributed by atoms with van der Waals surface area (Å²) in [6.07, 6.45) is 5.89. The van der Waals surface area contributed by atoms with Crippen LogP contribution in [0.2, 0.25) is 0 Å². The average Bonchev–Trinajstić information content (AvgIpc) is 3.26. The van der Waals surface area contributed by atoms with Crippen molar-refractivity contribution in [2.75, 3.05) is 44.2 Å². The Morgan fingerprint density at radius 2 is 1.74 bits per heavy atom. The Bertz CT molecular complexity index is 1050. The van der Waals surface area contributed by atoms with Crippen molar-refractivity contribution in [2.45, 2.75) is 45.6 Å². The maximum absolute atomic E-state index is 13.6. The lowest BCUT2D eigenvalue weighted by Crippen LogP contribution is -2.51. The van der Waals surface area contributed by atoms with Crippen LogP contribution in [0.4, 0.5) is 10.1 Å². The number of piperazine rings is 1. The third-order valence-electron chi connectivity index (χ3n) is 7.08. The number of benzene rings is 2. The zero-order valence-electron chi connectivity index (χ0n) is 20.5. The van der Waals surface area contributed by atoms with Gasteiger partial charge in [-0.25, -0.2) is 4.39 Å². The van der Waals surface area contributed by atoms with Crippen molar-refractivity contribution >= 4 is 22.5 Å². The highest BCUT2D eigenvalue weighted by Gasteiger charge is 2.26. The molecule has 1 aliphatic heterocycles. The van der Waals surface area contributed by atoms with Crippen LogP contribution in [-0.4, -0.2) is 66.0 Å². The molecule has 1 aromatic heterocycles. The second-order valence-corrected chi connectivity index (χ2v) is 9.29. The van der Waals surface area contributed by atoms with Gasteiger partial charge >= 0.3 is 0 Å². The topological polar surface area (TPSA) is 42.6 Å². The van der Waals surface area contributed by atoms with Gasteiger partial charge in [0.1, 0.15) is 5.82 Å². The van der Waals surface area contributed by atoms with Crippen molar-refractivity contribution in [3.63, 3.8) is 0 Å². The lowest BCUT2D eigenvalue weighted by Gasteiger charge is -2.37.